The Hall–Kier alpha value is -3.41. The summed E-state index contributed by atoms with van der Waals surface area (Å²) in [6, 6.07) is 15.7. The van der Waals surface area contributed by atoms with Gasteiger partial charge >= 0.3 is 5.97 Å². The fourth-order valence-electron chi connectivity index (χ4n) is 6.24. The minimum atomic E-state index is -0.695. The van der Waals surface area contributed by atoms with Crippen molar-refractivity contribution in [2.75, 3.05) is 14.2 Å². The third-order valence-corrected chi connectivity index (χ3v) is 8.02. The maximum atomic E-state index is 13.9. The van der Waals surface area contributed by atoms with Crippen LogP contribution in [-0.2, 0) is 14.3 Å². The van der Waals surface area contributed by atoms with Crippen molar-refractivity contribution < 1.29 is 23.8 Å². The van der Waals surface area contributed by atoms with Crippen LogP contribution in [0, 0.1) is 5.92 Å². The quantitative estimate of drug-likeness (QED) is 0.444. The van der Waals surface area contributed by atoms with E-state index >= 15 is 0 Å². The number of Topliss-reactive ketones (excluding diaryl/α,β-unsaturated/α-hetero) is 1. The molecule has 194 valence electrons. The molecule has 1 fully saturated rings. The molecule has 2 aliphatic carbocycles. The Morgan fingerprint density at radius 3 is 2.38 bits per heavy atom. The van der Waals surface area contributed by atoms with E-state index in [1.54, 1.807) is 14.2 Å². The number of methoxy groups -OCH3 is 2. The zero-order valence-electron chi connectivity index (χ0n) is 21.9. The zero-order chi connectivity index (χ0) is 25.9. The van der Waals surface area contributed by atoms with Crippen molar-refractivity contribution >= 4 is 17.5 Å². The zero-order valence-corrected chi connectivity index (χ0v) is 21.9. The van der Waals surface area contributed by atoms with Gasteiger partial charge in [0.05, 0.1) is 14.2 Å². The van der Waals surface area contributed by atoms with E-state index in [9.17, 15) is 9.59 Å². The van der Waals surface area contributed by atoms with Crippen LogP contribution in [0.1, 0.15) is 74.8 Å². The number of carbonyl (C=O) groups is 2. The molecule has 0 saturated heterocycles. The van der Waals surface area contributed by atoms with Crippen LogP contribution in [0.2, 0.25) is 0 Å². The van der Waals surface area contributed by atoms with Crippen LogP contribution in [0.3, 0.4) is 0 Å². The van der Waals surface area contributed by atoms with Gasteiger partial charge in [-0.15, -0.1) is 0 Å². The minimum Gasteiger partial charge on any atom is -0.493 e. The average Bonchev–Trinajstić information content (AvgIpc) is 2.92. The van der Waals surface area contributed by atoms with E-state index < -0.39 is 11.8 Å². The number of allylic oxidation sites excluding steroid dienone is 2. The van der Waals surface area contributed by atoms with Crippen LogP contribution >= 0.6 is 0 Å². The predicted molar refractivity (Wildman–Crippen MR) is 142 cm³/mol. The van der Waals surface area contributed by atoms with Crippen molar-refractivity contribution in [2.24, 2.45) is 10.9 Å². The van der Waals surface area contributed by atoms with Gasteiger partial charge in [-0.25, -0.2) is 0 Å². The van der Waals surface area contributed by atoms with E-state index in [0.717, 1.165) is 42.5 Å². The number of rotatable bonds is 6. The number of hydrogen-bond acceptors (Lipinski definition) is 6. The van der Waals surface area contributed by atoms with E-state index in [1.165, 1.54) is 6.42 Å². The Kier molecular flexibility index (Phi) is 7.45. The molecule has 6 nitrogen and oxygen atoms in total. The maximum Gasteiger partial charge on any atom is 0.315 e. The van der Waals surface area contributed by atoms with Crippen LogP contribution in [0.15, 0.2) is 64.8 Å². The van der Waals surface area contributed by atoms with Gasteiger partial charge < -0.3 is 14.2 Å². The number of esters is 1. The van der Waals surface area contributed by atoms with Gasteiger partial charge in [-0.05, 0) is 56.6 Å². The molecule has 1 unspecified atom stereocenters. The molecule has 2 aromatic carbocycles. The summed E-state index contributed by atoms with van der Waals surface area (Å²) in [5.41, 5.74) is 3.93. The molecule has 1 aliphatic heterocycles. The first kappa shape index (κ1) is 25.2. The molecular formula is C31H35NO5. The first-order chi connectivity index (χ1) is 18.0. The Morgan fingerprint density at radius 1 is 0.919 bits per heavy atom. The predicted octanol–water partition coefficient (Wildman–Crippen LogP) is 6.15. The van der Waals surface area contributed by atoms with Gasteiger partial charge in [-0.2, -0.15) is 0 Å². The molecule has 37 heavy (non-hydrogen) atoms. The van der Waals surface area contributed by atoms with Gasteiger partial charge in [0.15, 0.2) is 17.3 Å². The molecule has 0 radical (unpaired) electrons. The monoisotopic (exact) mass is 501 g/mol. The van der Waals surface area contributed by atoms with Crippen LogP contribution in [-0.4, -0.2) is 37.8 Å². The maximum absolute atomic E-state index is 13.9. The molecule has 6 heteroatoms. The van der Waals surface area contributed by atoms with Gasteiger partial charge in [0.2, 0.25) is 0 Å². The van der Waals surface area contributed by atoms with Gasteiger partial charge in [0.25, 0.3) is 0 Å². The molecule has 5 rings (SSSR count). The number of carbonyl (C=O) groups excluding carboxylic acids is 2. The highest BCUT2D eigenvalue weighted by molar-refractivity contribution is 6.09. The highest BCUT2D eigenvalue weighted by atomic mass is 16.5. The molecular weight excluding hydrogens is 466 g/mol. The highest BCUT2D eigenvalue weighted by Gasteiger charge is 2.46. The molecule has 1 heterocycles. The number of ketones is 1. The molecule has 1 saturated carbocycles. The van der Waals surface area contributed by atoms with Gasteiger partial charge in [-0.1, -0.05) is 48.9 Å². The van der Waals surface area contributed by atoms with Gasteiger partial charge in [0.1, 0.15) is 12.0 Å². The van der Waals surface area contributed by atoms with E-state index in [1.807, 2.05) is 43.3 Å². The first-order valence-electron chi connectivity index (χ1n) is 13.3. The molecule has 0 N–H and O–H groups in total. The summed E-state index contributed by atoms with van der Waals surface area (Å²) < 4.78 is 17.4. The smallest absolute Gasteiger partial charge is 0.315 e. The second kappa shape index (κ2) is 10.9. The highest BCUT2D eigenvalue weighted by Crippen LogP contribution is 2.50. The Bertz CT molecular complexity index is 1230. The molecule has 0 spiro atoms. The second-order valence-corrected chi connectivity index (χ2v) is 10.3. The first-order valence-corrected chi connectivity index (χ1v) is 13.3. The standard InChI is InChI=1S/C31H35NO5/c1-19-27(31(34)37-22-13-8-5-9-14-22)28(23-15-10-16-26(35-2)30(23)36-3)29-24(32-19)17-21(18-25(29)33)20-11-6-4-7-12-20/h4,6-7,10-12,15-16,21-22,27-28H,5,8-9,13-14,17-18H2,1-3H3/t21-,27?,28-/m1/s1. The van der Waals surface area contributed by atoms with Crippen molar-refractivity contribution in [1.82, 2.24) is 0 Å². The average molecular weight is 502 g/mol. The van der Waals surface area contributed by atoms with Crippen molar-refractivity contribution in [3.05, 3.63) is 70.9 Å². The van der Waals surface area contributed by atoms with Crippen molar-refractivity contribution in [2.45, 2.75) is 69.8 Å². The lowest BCUT2D eigenvalue weighted by atomic mass is 9.69. The summed E-state index contributed by atoms with van der Waals surface area (Å²) in [7, 11) is 3.18. The Balaban J connectivity index is 1.59. The van der Waals surface area contributed by atoms with E-state index in [2.05, 4.69) is 12.1 Å². The van der Waals surface area contributed by atoms with Crippen LogP contribution in [0.25, 0.3) is 0 Å². The summed E-state index contributed by atoms with van der Waals surface area (Å²) in [6.45, 7) is 1.88. The summed E-state index contributed by atoms with van der Waals surface area (Å²) >= 11 is 0. The van der Waals surface area contributed by atoms with Crippen LogP contribution < -0.4 is 9.47 Å². The van der Waals surface area contributed by atoms with Crippen LogP contribution in [0.5, 0.6) is 11.5 Å². The van der Waals surface area contributed by atoms with Gasteiger partial charge in [0, 0.05) is 34.9 Å². The third-order valence-electron chi connectivity index (χ3n) is 8.02. The number of hydrogen-bond donors (Lipinski definition) is 0. The van der Waals surface area contributed by atoms with Crippen molar-refractivity contribution in [1.29, 1.82) is 0 Å². The number of aliphatic imine (C=N–C) groups is 1. The fraction of sp³-hybridized carbons (Fsp3) is 0.452. The molecule has 0 aromatic heterocycles. The topological polar surface area (TPSA) is 74.2 Å². The SMILES string of the molecule is COc1cccc([C@H]2C3=C(C[C@@H](c4ccccc4)CC3=O)N=C(C)C2C(=O)OC2CCCCC2)c1OC. The number of nitrogens with zero attached hydrogens (tertiary/aromatic N) is 1. The van der Waals surface area contributed by atoms with Gasteiger partial charge in [-0.3, -0.25) is 14.6 Å². The molecule has 2 aromatic rings. The van der Waals surface area contributed by atoms with E-state index in [4.69, 9.17) is 19.2 Å². The summed E-state index contributed by atoms with van der Waals surface area (Å²) in [6.07, 6.45) is 6.02. The Morgan fingerprint density at radius 2 is 1.68 bits per heavy atom. The molecule has 3 atom stereocenters. The van der Waals surface area contributed by atoms with E-state index in [0.29, 0.717) is 35.6 Å². The van der Waals surface area contributed by atoms with Crippen molar-refractivity contribution in [3.8, 4) is 11.5 Å². The van der Waals surface area contributed by atoms with Crippen molar-refractivity contribution in [3.63, 3.8) is 0 Å². The summed E-state index contributed by atoms with van der Waals surface area (Å²) in [5, 5.41) is 0. The van der Waals surface area contributed by atoms with Crippen LogP contribution in [0.4, 0.5) is 0 Å². The molecule has 0 bridgehead atoms. The lowest BCUT2D eigenvalue weighted by molar-refractivity contribution is -0.153. The normalized spacial score (nSPS) is 24.2. The minimum absolute atomic E-state index is 0.0247. The number of para-hydroxylation sites is 1. The summed E-state index contributed by atoms with van der Waals surface area (Å²) in [4.78, 5) is 32.5. The number of benzene rings is 2. The molecule has 0 amide bonds. The molecule has 3 aliphatic rings. The summed E-state index contributed by atoms with van der Waals surface area (Å²) in [5.74, 6) is -0.374. The Labute approximate surface area is 218 Å². The largest absolute Gasteiger partial charge is 0.493 e. The lowest BCUT2D eigenvalue weighted by Crippen LogP contribution is -2.39. The third kappa shape index (κ3) is 4.94. The second-order valence-electron chi connectivity index (χ2n) is 10.3. The van der Waals surface area contributed by atoms with E-state index in [-0.39, 0.29) is 23.8 Å². The lowest BCUT2D eigenvalue weighted by Gasteiger charge is -2.37. The fourth-order valence-corrected chi connectivity index (χ4v) is 6.24. The number of ether oxygens (including phenoxy) is 3.